The highest BCUT2D eigenvalue weighted by molar-refractivity contribution is 7.15. The van der Waals surface area contributed by atoms with Gasteiger partial charge in [-0.25, -0.2) is 4.98 Å². The molecule has 2 aromatic heterocycles. The van der Waals surface area contributed by atoms with Gasteiger partial charge < -0.3 is 4.90 Å². The maximum atomic E-state index is 13.0. The van der Waals surface area contributed by atoms with E-state index >= 15 is 0 Å². The molecule has 0 unspecified atom stereocenters. The molecule has 4 rings (SSSR count). The summed E-state index contributed by atoms with van der Waals surface area (Å²) in [6.07, 6.45) is 1.37. The molecular weight excluding hydrogens is 392 g/mol. The van der Waals surface area contributed by atoms with Crippen molar-refractivity contribution in [3.05, 3.63) is 70.5 Å². The maximum Gasteiger partial charge on any atom is 0.228 e. The van der Waals surface area contributed by atoms with Crippen molar-refractivity contribution in [2.24, 2.45) is 0 Å². The monoisotopic (exact) mass is 420 g/mol. The summed E-state index contributed by atoms with van der Waals surface area (Å²) >= 11 is 1.67. The van der Waals surface area contributed by atoms with Gasteiger partial charge in [0.15, 0.2) is 0 Å². The topological polar surface area (TPSA) is 49.3 Å². The van der Waals surface area contributed by atoms with Crippen molar-refractivity contribution in [2.45, 2.75) is 33.2 Å². The SMILES string of the molecule is Cc1cccc(CN2CCCN(C(=O)Cc3nc(-c4ccccc4)sc3C)CC2)n1. The summed E-state index contributed by atoms with van der Waals surface area (Å²) in [5.74, 6) is 0.179. The second-order valence-corrected chi connectivity index (χ2v) is 9.05. The van der Waals surface area contributed by atoms with Crippen LogP contribution in [0.25, 0.3) is 10.6 Å². The normalized spacial score (nSPS) is 15.2. The molecular formula is C24H28N4OS. The third-order valence-electron chi connectivity index (χ3n) is 5.50. The first kappa shape index (κ1) is 20.7. The van der Waals surface area contributed by atoms with E-state index in [0.29, 0.717) is 6.42 Å². The van der Waals surface area contributed by atoms with Gasteiger partial charge in [-0.15, -0.1) is 11.3 Å². The van der Waals surface area contributed by atoms with E-state index in [1.54, 1.807) is 11.3 Å². The lowest BCUT2D eigenvalue weighted by Gasteiger charge is -2.22. The molecule has 0 radical (unpaired) electrons. The van der Waals surface area contributed by atoms with Crippen LogP contribution in [0, 0.1) is 13.8 Å². The fourth-order valence-electron chi connectivity index (χ4n) is 3.85. The van der Waals surface area contributed by atoms with Gasteiger partial charge in [0.25, 0.3) is 0 Å². The lowest BCUT2D eigenvalue weighted by molar-refractivity contribution is -0.130. The average molecular weight is 421 g/mol. The largest absolute Gasteiger partial charge is 0.341 e. The molecule has 1 aliphatic rings. The zero-order chi connectivity index (χ0) is 20.9. The second-order valence-electron chi connectivity index (χ2n) is 7.85. The Morgan fingerprint density at radius 3 is 2.60 bits per heavy atom. The van der Waals surface area contributed by atoms with Crippen LogP contribution in [0.5, 0.6) is 0 Å². The lowest BCUT2D eigenvalue weighted by Crippen LogP contribution is -2.36. The maximum absolute atomic E-state index is 13.0. The Morgan fingerprint density at radius 1 is 0.967 bits per heavy atom. The Morgan fingerprint density at radius 2 is 1.80 bits per heavy atom. The minimum absolute atomic E-state index is 0.179. The average Bonchev–Trinajstić information content (AvgIpc) is 2.95. The Balaban J connectivity index is 1.36. The van der Waals surface area contributed by atoms with Crippen molar-refractivity contribution in [3.63, 3.8) is 0 Å². The second kappa shape index (κ2) is 9.49. The zero-order valence-electron chi connectivity index (χ0n) is 17.7. The van der Waals surface area contributed by atoms with Gasteiger partial charge in [0.05, 0.1) is 17.8 Å². The number of hydrogen-bond donors (Lipinski definition) is 0. The van der Waals surface area contributed by atoms with Crippen molar-refractivity contribution in [1.29, 1.82) is 0 Å². The predicted octanol–water partition coefficient (Wildman–Crippen LogP) is 4.10. The fourth-order valence-corrected chi connectivity index (χ4v) is 4.78. The van der Waals surface area contributed by atoms with E-state index in [4.69, 9.17) is 4.98 Å². The van der Waals surface area contributed by atoms with Crippen LogP contribution in [-0.2, 0) is 17.8 Å². The van der Waals surface area contributed by atoms with E-state index in [0.717, 1.165) is 71.7 Å². The van der Waals surface area contributed by atoms with E-state index in [9.17, 15) is 4.79 Å². The van der Waals surface area contributed by atoms with E-state index in [1.165, 1.54) is 0 Å². The zero-order valence-corrected chi connectivity index (χ0v) is 18.5. The van der Waals surface area contributed by atoms with E-state index in [1.807, 2.05) is 36.1 Å². The Hall–Kier alpha value is -2.57. The number of pyridine rings is 1. The summed E-state index contributed by atoms with van der Waals surface area (Å²) in [5.41, 5.74) is 4.17. The third kappa shape index (κ3) is 5.12. The molecule has 0 atom stereocenters. The van der Waals surface area contributed by atoms with Crippen LogP contribution in [0.1, 0.15) is 28.4 Å². The third-order valence-corrected chi connectivity index (χ3v) is 6.57. The molecule has 6 heteroatoms. The summed E-state index contributed by atoms with van der Waals surface area (Å²) in [6.45, 7) is 8.38. The smallest absolute Gasteiger partial charge is 0.228 e. The number of nitrogens with zero attached hydrogens (tertiary/aromatic N) is 4. The predicted molar refractivity (Wildman–Crippen MR) is 121 cm³/mol. The minimum Gasteiger partial charge on any atom is -0.341 e. The highest BCUT2D eigenvalue weighted by Crippen LogP contribution is 2.28. The number of rotatable bonds is 5. The van der Waals surface area contributed by atoms with Gasteiger partial charge in [-0.2, -0.15) is 0 Å². The Labute approximate surface area is 182 Å². The van der Waals surface area contributed by atoms with Crippen molar-refractivity contribution in [3.8, 4) is 10.6 Å². The van der Waals surface area contributed by atoms with E-state index in [2.05, 4.69) is 41.1 Å². The molecule has 156 valence electrons. The highest BCUT2D eigenvalue weighted by atomic mass is 32.1. The molecule has 1 aromatic carbocycles. The number of carbonyl (C=O) groups is 1. The molecule has 3 aromatic rings. The number of carbonyl (C=O) groups excluding carboxylic acids is 1. The summed E-state index contributed by atoms with van der Waals surface area (Å²) in [6, 6.07) is 16.3. The van der Waals surface area contributed by atoms with Crippen LogP contribution in [0.4, 0.5) is 0 Å². The van der Waals surface area contributed by atoms with E-state index in [-0.39, 0.29) is 5.91 Å². The van der Waals surface area contributed by atoms with E-state index < -0.39 is 0 Å². The number of amides is 1. The van der Waals surface area contributed by atoms with Crippen LogP contribution < -0.4 is 0 Å². The van der Waals surface area contributed by atoms with Gasteiger partial charge >= 0.3 is 0 Å². The first-order chi connectivity index (χ1) is 14.6. The minimum atomic E-state index is 0.179. The molecule has 1 aliphatic heterocycles. The molecule has 0 spiro atoms. The highest BCUT2D eigenvalue weighted by Gasteiger charge is 2.21. The van der Waals surface area contributed by atoms with Crippen LogP contribution in [0.2, 0.25) is 0 Å². The van der Waals surface area contributed by atoms with Crippen LogP contribution in [0.15, 0.2) is 48.5 Å². The van der Waals surface area contributed by atoms with Crippen LogP contribution >= 0.6 is 11.3 Å². The van der Waals surface area contributed by atoms with Crippen LogP contribution in [-0.4, -0.2) is 51.9 Å². The summed E-state index contributed by atoms with van der Waals surface area (Å²) < 4.78 is 0. The molecule has 0 aliphatic carbocycles. The van der Waals surface area contributed by atoms with Crippen molar-refractivity contribution in [2.75, 3.05) is 26.2 Å². The number of hydrogen-bond acceptors (Lipinski definition) is 5. The molecule has 1 fully saturated rings. The van der Waals surface area contributed by atoms with Gasteiger partial charge in [-0.1, -0.05) is 36.4 Å². The fraction of sp³-hybridized carbons (Fsp3) is 0.375. The van der Waals surface area contributed by atoms with Crippen molar-refractivity contribution < 1.29 is 4.79 Å². The summed E-state index contributed by atoms with van der Waals surface area (Å²) in [7, 11) is 0. The molecule has 5 nitrogen and oxygen atoms in total. The number of thiazole rings is 1. The van der Waals surface area contributed by atoms with Crippen molar-refractivity contribution >= 4 is 17.2 Å². The van der Waals surface area contributed by atoms with Crippen molar-refractivity contribution in [1.82, 2.24) is 19.8 Å². The van der Waals surface area contributed by atoms with Gasteiger partial charge in [0, 0.05) is 48.9 Å². The molecule has 0 saturated carbocycles. The summed E-state index contributed by atoms with van der Waals surface area (Å²) in [4.78, 5) is 27.9. The van der Waals surface area contributed by atoms with Gasteiger partial charge in [-0.3, -0.25) is 14.7 Å². The quantitative estimate of drug-likeness (QED) is 0.624. The Kier molecular flexibility index (Phi) is 6.55. The first-order valence-electron chi connectivity index (χ1n) is 10.5. The number of aryl methyl sites for hydroxylation is 2. The lowest BCUT2D eigenvalue weighted by atomic mass is 10.2. The molecule has 3 heterocycles. The van der Waals surface area contributed by atoms with Gasteiger partial charge in [-0.05, 0) is 32.4 Å². The number of aromatic nitrogens is 2. The molecule has 1 amide bonds. The number of benzene rings is 1. The first-order valence-corrected chi connectivity index (χ1v) is 11.3. The molecule has 0 bridgehead atoms. The Bertz CT molecular complexity index is 1000. The van der Waals surface area contributed by atoms with Gasteiger partial charge in [0.1, 0.15) is 5.01 Å². The standard InChI is InChI=1S/C24H28N4OS/c1-18-8-6-11-21(25-18)17-27-12-7-13-28(15-14-27)23(29)16-22-19(2)30-24(26-22)20-9-4-3-5-10-20/h3-6,8-11H,7,12-17H2,1-2H3. The van der Waals surface area contributed by atoms with Crippen LogP contribution in [0.3, 0.4) is 0 Å². The summed E-state index contributed by atoms with van der Waals surface area (Å²) in [5, 5.41) is 0.989. The molecule has 0 N–H and O–H groups in total. The molecule has 30 heavy (non-hydrogen) atoms. The van der Waals surface area contributed by atoms with Gasteiger partial charge in [0.2, 0.25) is 5.91 Å². The molecule has 1 saturated heterocycles.